The zero-order valence-corrected chi connectivity index (χ0v) is 17.8. The number of carbonyl (C=O) groups is 3. The van der Waals surface area contributed by atoms with E-state index in [1.165, 1.54) is 6.92 Å². The molecule has 2 amide bonds. The molecule has 8 nitrogen and oxygen atoms in total. The van der Waals surface area contributed by atoms with Crippen molar-refractivity contribution in [2.24, 2.45) is 0 Å². The van der Waals surface area contributed by atoms with Crippen LogP contribution in [0.3, 0.4) is 0 Å². The second-order valence-electron chi connectivity index (χ2n) is 7.25. The predicted molar refractivity (Wildman–Crippen MR) is 116 cm³/mol. The highest BCUT2D eigenvalue weighted by atomic mass is 16.5. The van der Waals surface area contributed by atoms with Gasteiger partial charge >= 0.3 is 5.97 Å². The van der Waals surface area contributed by atoms with Crippen molar-refractivity contribution in [3.63, 3.8) is 0 Å². The van der Waals surface area contributed by atoms with Crippen LogP contribution in [0.5, 0.6) is 5.75 Å². The molecule has 0 atom stereocenters. The smallest absolute Gasteiger partial charge is 0.338 e. The Hall–Kier alpha value is -3.55. The lowest BCUT2D eigenvalue weighted by molar-refractivity contribution is -0.134. The van der Waals surface area contributed by atoms with Crippen LogP contribution in [0, 0.1) is 0 Å². The molecule has 8 heteroatoms. The van der Waals surface area contributed by atoms with Gasteiger partial charge in [0.25, 0.3) is 5.91 Å². The van der Waals surface area contributed by atoms with Gasteiger partial charge in [0, 0.05) is 45.3 Å². The van der Waals surface area contributed by atoms with Gasteiger partial charge in [-0.3, -0.25) is 9.59 Å². The van der Waals surface area contributed by atoms with Crippen molar-refractivity contribution in [3.8, 4) is 5.75 Å². The highest BCUT2D eigenvalue weighted by Gasteiger charge is 2.22. The van der Waals surface area contributed by atoms with Crippen LogP contribution in [0.15, 0.2) is 48.5 Å². The summed E-state index contributed by atoms with van der Waals surface area (Å²) < 4.78 is 10.4. The van der Waals surface area contributed by atoms with E-state index in [2.05, 4.69) is 10.2 Å². The second-order valence-corrected chi connectivity index (χ2v) is 7.25. The van der Waals surface area contributed by atoms with Crippen molar-refractivity contribution in [1.82, 2.24) is 10.2 Å². The van der Waals surface area contributed by atoms with Crippen molar-refractivity contribution in [2.75, 3.05) is 44.8 Å². The van der Waals surface area contributed by atoms with Gasteiger partial charge in [0.2, 0.25) is 5.91 Å². The fourth-order valence-electron chi connectivity index (χ4n) is 3.29. The third-order valence-corrected chi connectivity index (χ3v) is 5.13. The third kappa shape index (κ3) is 6.21. The zero-order chi connectivity index (χ0) is 22.2. The normalized spacial score (nSPS) is 13.5. The Morgan fingerprint density at radius 3 is 2.16 bits per heavy atom. The summed E-state index contributed by atoms with van der Waals surface area (Å²) in [4.78, 5) is 39.5. The summed E-state index contributed by atoms with van der Waals surface area (Å²) in [7, 11) is 1.63. The fraction of sp³-hybridized carbons (Fsp3) is 0.348. The topological polar surface area (TPSA) is 88.2 Å². The number of carbonyl (C=O) groups excluding carboxylic acids is 3. The molecule has 0 aromatic heterocycles. The maximum Gasteiger partial charge on any atom is 0.338 e. The van der Waals surface area contributed by atoms with Crippen LogP contribution in [0.1, 0.15) is 22.8 Å². The molecule has 1 saturated heterocycles. The monoisotopic (exact) mass is 425 g/mol. The molecule has 0 aliphatic carbocycles. The minimum atomic E-state index is -0.545. The highest BCUT2D eigenvalue weighted by molar-refractivity contribution is 5.91. The first-order valence-electron chi connectivity index (χ1n) is 10.1. The van der Waals surface area contributed by atoms with Crippen LogP contribution < -0.4 is 15.0 Å². The molecule has 0 bridgehead atoms. The van der Waals surface area contributed by atoms with Gasteiger partial charge in [-0.05, 0) is 42.0 Å². The van der Waals surface area contributed by atoms with E-state index < -0.39 is 5.97 Å². The number of hydrogen-bond donors (Lipinski definition) is 1. The van der Waals surface area contributed by atoms with E-state index in [0.717, 1.165) is 17.0 Å². The molecule has 3 rings (SSSR count). The summed E-state index contributed by atoms with van der Waals surface area (Å²) in [6, 6.07) is 14.6. The van der Waals surface area contributed by atoms with E-state index in [1.54, 1.807) is 36.3 Å². The van der Waals surface area contributed by atoms with Crippen LogP contribution >= 0.6 is 0 Å². The van der Waals surface area contributed by atoms with Crippen molar-refractivity contribution in [2.45, 2.75) is 13.5 Å². The molecule has 31 heavy (non-hydrogen) atoms. The first-order chi connectivity index (χ1) is 15.0. The summed E-state index contributed by atoms with van der Waals surface area (Å²) in [5, 5.41) is 2.69. The maximum absolute atomic E-state index is 12.4. The molecule has 1 N–H and O–H groups in total. The minimum Gasteiger partial charge on any atom is -0.497 e. The number of rotatable bonds is 7. The molecule has 1 aliphatic rings. The van der Waals surface area contributed by atoms with Crippen LogP contribution in [0.2, 0.25) is 0 Å². The van der Waals surface area contributed by atoms with Gasteiger partial charge < -0.3 is 24.6 Å². The van der Waals surface area contributed by atoms with Crippen molar-refractivity contribution in [1.29, 1.82) is 0 Å². The Morgan fingerprint density at radius 2 is 1.58 bits per heavy atom. The summed E-state index contributed by atoms with van der Waals surface area (Å²) in [6.07, 6.45) is 0. The Balaban J connectivity index is 1.43. The predicted octanol–water partition coefficient (Wildman–Crippen LogP) is 1.84. The van der Waals surface area contributed by atoms with E-state index in [-0.39, 0.29) is 18.4 Å². The number of nitrogens with one attached hydrogen (secondary N) is 1. The number of nitrogens with zero attached hydrogens (tertiary/aromatic N) is 2. The van der Waals surface area contributed by atoms with Crippen LogP contribution in [-0.2, 0) is 20.9 Å². The van der Waals surface area contributed by atoms with E-state index in [9.17, 15) is 14.4 Å². The molecule has 0 saturated carbocycles. The van der Waals surface area contributed by atoms with Crippen molar-refractivity contribution < 1.29 is 23.9 Å². The minimum absolute atomic E-state index is 0.119. The van der Waals surface area contributed by atoms with E-state index in [4.69, 9.17) is 9.47 Å². The standard InChI is InChI=1S/C23H27N3O5/c1-17(27)24-15-18-3-5-19(6-4-18)23(29)31-16-22(28)26-13-11-25(12-14-26)20-7-9-21(30-2)10-8-20/h3-10H,11-16H2,1-2H3,(H,24,27). The summed E-state index contributed by atoms with van der Waals surface area (Å²) in [6.45, 7) is 4.12. The molecule has 0 unspecified atom stereocenters. The summed E-state index contributed by atoms with van der Waals surface area (Å²) >= 11 is 0. The Bertz CT molecular complexity index is 904. The average molecular weight is 425 g/mol. The molecule has 1 heterocycles. The second kappa shape index (κ2) is 10.5. The van der Waals surface area contributed by atoms with E-state index in [0.29, 0.717) is 38.3 Å². The first kappa shape index (κ1) is 22.1. The van der Waals surface area contributed by atoms with Gasteiger partial charge in [0.05, 0.1) is 12.7 Å². The van der Waals surface area contributed by atoms with Crippen LogP contribution in [0.4, 0.5) is 5.69 Å². The molecule has 0 radical (unpaired) electrons. The van der Waals surface area contributed by atoms with Gasteiger partial charge in [-0.1, -0.05) is 12.1 Å². The zero-order valence-electron chi connectivity index (χ0n) is 17.8. The molecule has 164 valence electrons. The number of ether oxygens (including phenoxy) is 2. The fourth-order valence-corrected chi connectivity index (χ4v) is 3.29. The van der Waals surface area contributed by atoms with Crippen molar-refractivity contribution >= 4 is 23.5 Å². The molecule has 2 aromatic rings. The molecular weight excluding hydrogens is 398 g/mol. The number of hydrogen-bond acceptors (Lipinski definition) is 6. The Kier molecular flexibility index (Phi) is 7.48. The van der Waals surface area contributed by atoms with Gasteiger partial charge in [0.15, 0.2) is 6.61 Å². The maximum atomic E-state index is 12.4. The van der Waals surface area contributed by atoms with E-state index in [1.807, 2.05) is 24.3 Å². The average Bonchev–Trinajstić information content (AvgIpc) is 2.81. The largest absolute Gasteiger partial charge is 0.497 e. The van der Waals surface area contributed by atoms with Gasteiger partial charge in [-0.2, -0.15) is 0 Å². The van der Waals surface area contributed by atoms with Crippen LogP contribution in [-0.4, -0.2) is 62.6 Å². The Labute approximate surface area is 181 Å². The first-order valence-corrected chi connectivity index (χ1v) is 10.1. The van der Waals surface area contributed by atoms with Gasteiger partial charge in [0.1, 0.15) is 5.75 Å². The Morgan fingerprint density at radius 1 is 0.935 bits per heavy atom. The molecule has 0 spiro atoms. The third-order valence-electron chi connectivity index (χ3n) is 5.13. The lowest BCUT2D eigenvalue weighted by Crippen LogP contribution is -2.49. The van der Waals surface area contributed by atoms with Crippen molar-refractivity contribution in [3.05, 3.63) is 59.7 Å². The number of amides is 2. The summed E-state index contributed by atoms with van der Waals surface area (Å²) in [5.41, 5.74) is 2.32. The number of piperazine rings is 1. The molecule has 1 fully saturated rings. The quantitative estimate of drug-likeness (QED) is 0.681. The van der Waals surface area contributed by atoms with Gasteiger partial charge in [-0.15, -0.1) is 0 Å². The number of methoxy groups -OCH3 is 1. The molecule has 2 aromatic carbocycles. The number of benzene rings is 2. The van der Waals surface area contributed by atoms with Crippen LogP contribution in [0.25, 0.3) is 0 Å². The highest BCUT2D eigenvalue weighted by Crippen LogP contribution is 2.20. The lowest BCUT2D eigenvalue weighted by Gasteiger charge is -2.36. The molecule has 1 aliphatic heterocycles. The van der Waals surface area contributed by atoms with E-state index >= 15 is 0 Å². The molecular formula is C23H27N3O5. The SMILES string of the molecule is COc1ccc(N2CCN(C(=O)COC(=O)c3ccc(CNC(C)=O)cc3)CC2)cc1. The summed E-state index contributed by atoms with van der Waals surface area (Å²) in [5.74, 6) is -0.0603. The number of esters is 1. The lowest BCUT2D eigenvalue weighted by atomic mass is 10.1. The van der Waals surface area contributed by atoms with Gasteiger partial charge in [-0.25, -0.2) is 4.79 Å². The number of anilines is 1.